The Balaban J connectivity index is 2.08. The highest BCUT2D eigenvalue weighted by Gasteiger charge is 2.32. The largest absolute Gasteiger partial charge is 0.299 e. The van der Waals surface area contributed by atoms with Gasteiger partial charge in [0, 0.05) is 12.3 Å². The predicted octanol–water partition coefficient (Wildman–Crippen LogP) is 3.64. The van der Waals surface area contributed by atoms with Crippen LogP contribution in [0.1, 0.15) is 25.3 Å². The van der Waals surface area contributed by atoms with Gasteiger partial charge in [-0.05, 0) is 30.4 Å². The predicted molar refractivity (Wildman–Crippen MR) is 62.0 cm³/mol. The van der Waals surface area contributed by atoms with E-state index in [1.54, 1.807) is 12.1 Å². The van der Waals surface area contributed by atoms with Crippen molar-refractivity contribution >= 4 is 17.4 Å². The number of ketones is 1. The smallest absolute Gasteiger partial charge is 0.145 e. The van der Waals surface area contributed by atoms with Gasteiger partial charge in [0.2, 0.25) is 0 Å². The molecule has 0 aliphatic heterocycles. The Kier molecular flexibility index (Phi) is 3.29. The summed E-state index contributed by atoms with van der Waals surface area (Å²) in [4.78, 5) is 11.8. The highest BCUT2D eigenvalue weighted by atomic mass is 35.5. The van der Waals surface area contributed by atoms with Crippen molar-refractivity contribution in [2.45, 2.75) is 26.2 Å². The first-order chi connectivity index (χ1) is 7.59. The molecule has 1 atom stereocenters. The molecular formula is C13H14ClFO. The first-order valence-corrected chi connectivity index (χ1v) is 5.93. The monoisotopic (exact) mass is 240 g/mol. The number of halogens is 2. The van der Waals surface area contributed by atoms with Crippen molar-refractivity contribution in [1.29, 1.82) is 0 Å². The van der Waals surface area contributed by atoms with Gasteiger partial charge in [-0.3, -0.25) is 4.79 Å². The average Bonchev–Trinajstić information content (AvgIpc) is 3.07. The maximum Gasteiger partial charge on any atom is 0.145 e. The maximum atomic E-state index is 13.6. The molecule has 1 aliphatic carbocycles. The Morgan fingerprint density at radius 1 is 1.56 bits per heavy atom. The third kappa shape index (κ3) is 2.43. The summed E-state index contributed by atoms with van der Waals surface area (Å²) in [6, 6.07) is 4.80. The third-order valence-electron chi connectivity index (χ3n) is 3.23. The van der Waals surface area contributed by atoms with Crippen LogP contribution in [0.5, 0.6) is 0 Å². The Hall–Kier alpha value is -0.890. The normalized spacial score (nSPS) is 17.2. The number of carbonyl (C=O) groups is 1. The van der Waals surface area contributed by atoms with E-state index in [4.69, 9.17) is 11.6 Å². The van der Waals surface area contributed by atoms with Crippen molar-refractivity contribution < 1.29 is 9.18 Å². The molecule has 1 aromatic rings. The first kappa shape index (κ1) is 11.6. The molecule has 0 radical (unpaired) electrons. The van der Waals surface area contributed by atoms with Crippen LogP contribution in [0.2, 0.25) is 5.02 Å². The molecule has 0 N–H and O–H groups in total. The lowest BCUT2D eigenvalue weighted by molar-refractivity contribution is -0.122. The van der Waals surface area contributed by atoms with Crippen LogP contribution < -0.4 is 0 Å². The highest BCUT2D eigenvalue weighted by molar-refractivity contribution is 6.30. The summed E-state index contributed by atoms with van der Waals surface area (Å²) >= 11 is 5.67. The quantitative estimate of drug-likeness (QED) is 0.785. The molecule has 1 aliphatic rings. The molecule has 0 bridgehead atoms. The molecule has 1 nitrogen and oxygen atoms in total. The summed E-state index contributed by atoms with van der Waals surface area (Å²) in [6.07, 6.45) is 2.42. The third-order valence-corrected chi connectivity index (χ3v) is 3.53. The fourth-order valence-corrected chi connectivity index (χ4v) is 2.09. The van der Waals surface area contributed by atoms with Crippen molar-refractivity contribution in [3.8, 4) is 0 Å². The zero-order chi connectivity index (χ0) is 11.7. The van der Waals surface area contributed by atoms with E-state index in [1.807, 2.05) is 6.92 Å². The minimum Gasteiger partial charge on any atom is -0.299 e. The Labute approximate surface area is 99.6 Å². The lowest BCUT2D eigenvalue weighted by atomic mass is 9.95. The second kappa shape index (κ2) is 4.54. The van der Waals surface area contributed by atoms with Crippen LogP contribution in [0.3, 0.4) is 0 Å². The molecule has 86 valence electrons. The topological polar surface area (TPSA) is 17.1 Å². The van der Waals surface area contributed by atoms with Crippen LogP contribution >= 0.6 is 11.6 Å². The molecule has 16 heavy (non-hydrogen) atoms. The van der Waals surface area contributed by atoms with Gasteiger partial charge in [0.05, 0.1) is 5.02 Å². The number of benzene rings is 1. The molecule has 1 saturated carbocycles. The fraction of sp³-hybridized carbons (Fsp3) is 0.462. The van der Waals surface area contributed by atoms with E-state index in [1.165, 1.54) is 6.07 Å². The summed E-state index contributed by atoms with van der Waals surface area (Å²) in [6.45, 7) is 1.93. The molecule has 0 heterocycles. The maximum absolute atomic E-state index is 13.6. The minimum atomic E-state index is -0.458. The zero-order valence-corrected chi connectivity index (χ0v) is 9.93. The summed E-state index contributed by atoms with van der Waals surface area (Å²) in [5, 5.41) is 0.0874. The van der Waals surface area contributed by atoms with Crippen LogP contribution in [0.15, 0.2) is 18.2 Å². The van der Waals surface area contributed by atoms with Crippen LogP contribution in [-0.2, 0) is 11.2 Å². The molecule has 0 aromatic heterocycles. The number of hydrogen-bond acceptors (Lipinski definition) is 1. The van der Waals surface area contributed by atoms with Gasteiger partial charge in [0.1, 0.15) is 11.6 Å². The number of Topliss-reactive ketones (excluding diaryl/α,β-unsaturated/α-hetero) is 1. The highest BCUT2D eigenvalue weighted by Crippen LogP contribution is 2.37. The summed E-state index contributed by atoms with van der Waals surface area (Å²) in [5.41, 5.74) is 0.407. The van der Waals surface area contributed by atoms with Gasteiger partial charge in [-0.15, -0.1) is 0 Å². The van der Waals surface area contributed by atoms with Crippen molar-refractivity contribution in [1.82, 2.24) is 0 Å². The number of rotatable bonds is 4. The van der Waals surface area contributed by atoms with Gasteiger partial charge in [-0.1, -0.05) is 30.7 Å². The van der Waals surface area contributed by atoms with E-state index in [-0.39, 0.29) is 23.1 Å². The Morgan fingerprint density at radius 3 is 2.88 bits per heavy atom. The van der Waals surface area contributed by atoms with E-state index in [0.29, 0.717) is 11.5 Å². The van der Waals surface area contributed by atoms with Crippen LogP contribution in [0.4, 0.5) is 4.39 Å². The van der Waals surface area contributed by atoms with Crippen LogP contribution in [0, 0.1) is 17.7 Å². The lowest BCUT2D eigenvalue weighted by Crippen LogP contribution is -2.16. The fourth-order valence-electron chi connectivity index (χ4n) is 1.89. The van der Waals surface area contributed by atoms with Gasteiger partial charge in [0.25, 0.3) is 0 Å². The molecule has 1 fully saturated rings. The molecule has 0 saturated heterocycles. The van der Waals surface area contributed by atoms with E-state index in [9.17, 15) is 9.18 Å². The minimum absolute atomic E-state index is 0.0541. The van der Waals surface area contributed by atoms with Crippen molar-refractivity contribution in [3.63, 3.8) is 0 Å². The second-order valence-corrected chi connectivity index (χ2v) is 4.89. The molecule has 0 amide bonds. The van der Waals surface area contributed by atoms with Crippen LogP contribution in [0.25, 0.3) is 0 Å². The van der Waals surface area contributed by atoms with E-state index >= 15 is 0 Å². The molecule has 3 heteroatoms. The number of carbonyl (C=O) groups excluding carboxylic acids is 1. The van der Waals surface area contributed by atoms with Gasteiger partial charge in [-0.2, -0.15) is 0 Å². The summed E-state index contributed by atoms with van der Waals surface area (Å²) in [7, 11) is 0. The molecular weight excluding hydrogens is 227 g/mol. The Morgan fingerprint density at radius 2 is 2.25 bits per heavy atom. The SMILES string of the molecule is CC(C(=O)Cc1cccc(Cl)c1F)C1CC1. The van der Waals surface area contributed by atoms with Gasteiger partial charge >= 0.3 is 0 Å². The molecule has 1 aromatic carbocycles. The summed E-state index contributed by atoms with van der Waals surface area (Å²) < 4.78 is 13.6. The van der Waals surface area contributed by atoms with Crippen LogP contribution in [-0.4, -0.2) is 5.78 Å². The molecule has 0 spiro atoms. The van der Waals surface area contributed by atoms with E-state index in [0.717, 1.165) is 12.8 Å². The summed E-state index contributed by atoms with van der Waals surface area (Å²) in [5.74, 6) is 0.234. The number of hydrogen-bond donors (Lipinski definition) is 0. The van der Waals surface area contributed by atoms with E-state index in [2.05, 4.69) is 0 Å². The molecule has 2 rings (SSSR count). The van der Waals surface area contributed by atoms with E-state index < -0.39 is 5.82 Å². The average molecular weight is 241 g/mol. The first-order valence-electron chi connectivity index (χ1n) is 5.55. The van der Waals surface area contributed by atoms with Gasteiger partial charge in [-0.25, -0.2) is 4.39 Å². The van der Waals surface area contributed by atoms with Gasteiger partial charge in [0.15, 0.2) is 0 Å². The van der Waals surface area contributed by atoms with Crippen molar-refractivity contribution in [3.05, 3.63) is 34.6 Å². The lowest BCUT2D eigenvalue weighted by Gasteiger charge is -2.09. The van der Waals surface area contributed by atoms with Crippen molar-refractivity contribution in [2.24, 2.45) is 11.8 Å². The molecule has 1 unspecified atom stereocenters. The second-order valence-electron chi connectivity index (χ2n) is 4.48. The van der Waals surface area contributed by atoms with Gasteiger partial charge < -0.3 is 0 Å². The van der Waals surface area contributed by atoms with Crippen molar-refractivity contribution in [2.75, 3.05) is 0 Å². The zero-order valence-electron chi connectivity index (χ0n) is 9.17. The Bertz CT molecular complexity index is 412. The standard InChI is InChI=1S/C13H14ClFO/c1-8(9-5-6-9)12(16)7-10-3-2-4-11(14)13(10)15/h2-4,8-9H,5-7H2,1H3.